The minimum atomic E-state index is -2.73. The van der Waals surface area contributed by atoms with Gasteiger partial charge >= 0.3 is 0 Å². The van der Waals surface area contributed by atoms with Crippen molar-refractivity contribution >= 4 is 0 Å². The molecule has 0 radical (unpaired) electrons. The van der Waals surface area contributed by atoms with Crippen LogP contribution in [0.2, 0.25) is 0 Å². The molecule has 0 aliphatic rings. The van der Waals surface area contributed by atoms with E-state index in [9.17, 15) is 13.9 Å². The van der Waals surface area contributed by atoms with Crippen LogP contribution in [-0.2, 0) is 0 Å². The topological polar surface area (TPSA) is 56.9 Å². The normalized spacial score (nSPS) is 10.1. The molecule has 13 heavy (non-hydrogen) atoms. The standard InChI is InChI=1S/C8H6F2N2O/c1-4-7(13)5(3-11)2-6(12-4)8(9)10/h2,8,13H,1H3. The molecule has 0 aliphatic heterocycles. The number of aromatic hydroxyl groups is 1. The first-order chi connectivity index (χ1) is 6.06. The minimum Gasteiger partial charge on any atom is -0.505 e. The monoisotopic (exact) mass is 184 g/mol. The summed E-state index contributed by atoms with van der Waals surface area (Å²) in [5.74, 6) is -0.341. The van der Waals surface area contributed by atoms with Crippen LogP contribution in [0.1, 0.15) is 23.4 Å². The van der Waals surface area contributed by atoms with E-state index in [0.717, 1.165) is 6.07 Å². The average molecular weight is 184 g/mol. The van der Waals surface area contributed by atoms with E-state index in [-0.39, 0.29) is 17.0 Å². The Hall–Kier alpha value is -1.70. The Kier molecular flexibility index (Phi) is 2.42. The number of rotatable bonds is 1. The quantitative estimate of drug-likeness (QED) is 0.725. The number of halogens is 2. The maximum Gasteiger partial charge on any atom is 0.280 e. The lowest BCUT2D eigenvalue weighted by Gasteiger charge is -2.03. The Labute approximate surface area is 73.3 Å². The Morgan fingerprint density at radius 1 is 1.62 bits per heavy atom. The molecule has 0 saturated carbocycles. The highest BCUT2D eigenvalue weighted by atomic mass is 19.3. The molecule has 0 saturated heterocycles. The summed E-state index contributed by atoms with van der Waals surface area (Å²) in [5, 5.41) is 17.6. The van der Waals surface area contributed by atoms with E-state index in [1.807, 2.05) is 0 Å². The molecular weight excluding hydrogens is 178 g/mol. The molecule has 0 atom stereocenters. The highest BCUT2D eigenvalue weighted by molar-refractivity contribution is 5.45. The maximum absolute atomic E-state index is 12.1. The van der Waals surface area contributed by atoms with E-state index in [1.165, 1.54) is 6.92 Å². The third-order valence-electron chi connectivity index (χ3n) is 1.53. The SMILES string of the molecule is Cc1nc(C(F)F)cc(C#N)c1O. The van der Waals surface area contributed by atoms with Crippen molar-refractivity contribution < 1.29 is 13.9 Å². The zero-order valence-electron chi connectivity index (χ0n) is 6.75. The van der Waals surface area contributed by atoms with Gasteiger partial charge in [0.05, 0.1) is 11.3 Å². The van der Waals surface area contributed by atoms with E-state index >= 15 is 0 Å². The van der Waals surface area contributed by atoms with Crippen LogP contribution in [0.15, 0.2) is 6.07 Å². The fourth-order valence-corrected chi connectivity index (χ4v) is 0.887. The van der Waals surface area contributed by atoms with Gasteiger partial charge in [0.25, 0.3) is 6.43 Å². The smallest absolute Gasteiger partial charge is 0.280 e. The van der Waals surface area contributed by atoms with Crippen molar-refractivity contribution in [2.24, 2.45) is 0 Å². The van der Waals surface area contributed by atoms with Crippen LogP contribution in [0.4, 0.5) is 8.78 Å². The number of hydrogen-bond acceptors (Lipinski definition) is 3. The number of alkyl halides is 2. The molecule has 68 valence electrons. The fraction of sp³-hybridized carbons (Fsp3) is 0.250. The molecule has 1 rings (SSSR count). The van der Waals surface area contributed by atoms with Gasteiger partial charge in [-0.2, -0.15) is 5.26 Å². The van der Waals surface area contributed by atoms with Crippen molar-refractivity contribution in [2.75, 3.05) is 0 Å². The van der Waals surface area contributed by atoms with Gasteiger partial charge in [0.2, 0.25) is 0 Å². The second kappa shape index (κ2) is 3.35. The number of hydrogen-bond donors (Lipinski definition) is 1. The molecule has 3 nitrogen and oxygen atoms in total. The lowest BCUT2D eigenvalue weighted by molar-refractivity contribution is 0.145. The van der Waals surface area contributed by atoms with Gasteiger partial charge in [-0.05, 0) is 13.0 Å². The van der Waals surface area contributed by atoms with Crippen molar-refractivity contribution in [3.63, 3.8) is 0 Å². The highest BCUT2D eigenvalue weighted by Crippen LogP contribution is 2.25. The average Bonchev–Trinajstić information content (AvgIpc) is 2.09. The molecule has 0 aromatic carbocycles. The Morgan fingerprint density at radius 3 is 2.69 bits per heavy atom. The first-order valence-corrected chi connectivity index (χ1v) is 3.45. The van der Waals surface area contributed by atoms with Crippen LogP contribution in [0, 0.1) is 18.3 Å². The lowest BCUT2D eigenvalue weighted by Crippen LogP contribution is -1.95. The number of nitriles is 1. The number of aryl methyl sites for hydroxylation is 1. The van der Waals surface area contributed by atoms with Gasteiger partial charge in [-0.1, -0.05) is 0 Å². The van der Waals surface area contributed by atoms with Gasteiger partial charge in [0, 0.05) is 0 Å². The zero-order chi connectivity index (χ0) is 10.0. The molecule has 0 fully saturated rings. The molecule has 0 aliphatic carbocycles. The second-order valence-corrected chi connectivity index (χ2v) is 2.44. The highest BCUT2D eigenvalue weighted by Gasteiger charge is 2.14. The largest absolute Gasteiger partial charge is 0.505 e. The Balaban J connectivity index is 3.32. The van der Waals surface area contributed by atoms with E-state index < -0.39 is 12.1 Å². The lowest BCUT2D eigenvalue weighted by atomic mass is 10.2. The van der Waals surface area contributed by atoms with Crippen LogP contribution in [-0.4, -0.2) is 10.1 Å². The summed E-state index contributed by atoms with van der Waals surface area (Å²) in [6.07, 6.45) is -2.73. The first kappa shape index (κ1) is 9.39. The third-order valence-corrected chi connectivity index (χ3v) is 1.53. The van der Waals surface area contributed by atoms with Gasteiger partial charge in [0.1, 0.15) is 11.8 Å². The van der Waals surface area contributed by atoms with Gasteiger partial charge in [-0.3, -0.25) is 0 Å². The summed E-state index contributed by atoms with van der Waals surface area (Å²) in [4.78, 5) is 3.43. The first-order valence-electron chi connectivity index (χ1n) is 3.45. The minimum absolute atomic E-state index is 0.0364. The van der Waals surface area contributed by atoms with Crippen molar-refractivity contribution in [1.29, 1.82) is 5.26 Å². The summed E-state index contributed by atoms with van der Waals surface area (Å²) >= 11 is 0. The molecule has 0 amide bonds. The Bertz CT molecular complexity index is 371. The van der Waals surface area contributed by atoms with Crippen LogP contribution in [0.5, 0.6) is 5.75 Å². The molecule has 0 unspecified atom stereocenters. The molecule has 1 heterocycles. The predicted octanol–water partition coefficient (Wildman–Crippen LogP) is 1.90. The summed E-state index contributed by atoms with van der Waals surface area (Å²) in [6.45, 7) is 1.36. The number of aromatic nitrogens is 1. The van der Waals surface area contributed by atoms with Crippen molar-refractivity contribution in [1.82, 2.24) is 4.98 Å². The molecule has 1 aromatic heterocycles. The fourth-order valence-electron chi connectivity index (χ4n) is 0.887. The van der Waals surface area contributed by atoms with Gasteiger partial charge in [-0.15, -0.1) is 0 Å². The molecule has 5 heteroatoms. The summed E-state index contributed by atoms with van der Waals surface area (Å²) in [6, 6.07) is 2.49. The molecule has 0 bridgehead atoms. The van der Waals surface area contributed by atoms with E-state index in [4.69, 9.17) is 5.26 Å². The predicted molar refractivity (Wildman–Crippen MR) is 40.3 cm³/mol. The molecular formula is C8H6F2N2O. The van der Waals surface area contributed by atoms with E-state index in [0.29, 0.717) is 0 Å². The third kappa shape index (κ3) is 1.72. The van der Waals surface area contributed by atoms with Crippen LogP contribution in [0.25, 0.3) is 0 Å². The summed E-state index contributed by atoms with van der Waals surface area (Å²) in [5.41, 5.74) is -0.635. The second-order valence-electron chi connectivity index (χ2n) is 2.44. The maximum atomic E-state index is 12.1. The molecule has 1 aromatic rings. The molecule has 0 spiro atoms. The van der Waals surface area contributed by atoms with Crippen molar-refractivity contribution in [3.8, 4) is 11.8 Å². The van der Waals surface area contributed by atoms with Crippen molar-refractivity contribution in [2.45, 2.75) is 13.3 Å². The summed E-state index contributed by atoms with van der Waals surface area (Å²) < 4.78 is 24.3. The van der Waals surface area contributed by atoms with Gasteiger partial charge in [0.15, 0.2) is 5.75 Å². The van der Waals surface area contributed by atoms with Crippen LogP contribution >= 0.6 is 0 Å². The van der Waals surface area contributed by atoms with Crippen molar-refractivity contribution in [3.05, 3.63) is 23.0 Å². The van der Waals surface area contributed by atoms with Gasteiger partial charge < -0.3 is 5.11 Å². The summed E-state index contributed by atoms with van der Waals surface area (Å²) in [7, 11) is 0. The van der Waals surface area contributed by atoms with E-state index in [1.54, 1.807) is 6.07 Å². The van der Waals surface area contributed by atoms with Gasteiger partial charge in [-0.25, -0.2) is 13.8 Å². The van der Waals surface area contributed by atoms with E-state index in [2.05, 4.69) is 4.98 Å². The zero-order valence-corrected chi connectivity index (χ0v) is 6.75. The number of nitrogens with zero attached hydrogens (tertiary/aromatic N) is 2. The van der Waals surface area contributed by atoms with Crippen LogP contribution < -0.4 is 0 Å². The van der Waals surface area contributed by atoms with Crippen LogP contribution in [0.3, 0.4) is 0 Å². The number of pyridine rings is 1. The Morgan fingerprint density at radius 2 is 2.23 bits per heavy atom. The molecule has 1 N–H and O–H groups in total.